The first-order valence-corrected chi connectivity index (χ1v) is 5.50. The van der Waals surface area contributed by atoms with Crippen molar-refractivity contribution in [3.05, 3.63) is 42.0 Å². The van der Waals surface area contributed by atoms with Crippen molar-refractivity contribution in [1.29, 1.82) is 0 Å². The summed E-state index contributed by atoms with van der Waals surface area (Å²) < 4.78 is 0. The Morgan fingerprint density at radius 2 is 1.73 bits per heavy atom. The molecule has 0 saturated carbocycles. The van der Waals surface area contributed by atoms with E-state index in [9.17, 15) is 5.11 Å². The molecule has 0 bridgehead atoms. The molecule has 1 nitrogen and oxygen atoms in total. The largest absolute Gasteiger partial charge is 0.289 e. The van der Waals surface area contributed by atoms with Crippen LogP contribution in [-0.4, -0.2) is 0 Å². The quantitative estimate of drug-likeness (QED) is 0.701. The monoisotopic (exact) mass is 199 g/mol. The smallest absolute Gasteiger partial charge is 0.186 e. The Morgan fingerprint density at radius 1 is 1.00 bits per heavy atom. The second-order valence-electron chi connectivity index (χ2n) is 3.87. The summed E-state index contributed by atoms with van der Waals surface area (Å²) in [6.45, 7) is 2.18. The van der Waals surface area contributed by atoms with Crippen molar-refractivity contribution in [3.63, 3.8) is 0 Å². The zero-order valence-electron chi connectivity index (χ0n) is 8.99. The van der Waals surface area contributed by atoms with Gasteiger partial charge in [-0.05, 0) is 29.9 Å². The molecule has 2 aromatic carbocycles. The summed E-state index contributed by atoms with van der Waals surface area (Å²) in [4.78, 5) is 0. The van der Waals surface area contributed by atoms with Crippen LogP contribution in [0, 0.1) is 0 Å². The molecule has 2 rings (SSSR count). The predicted octanol–water partition coefficient (Wildman–Crippen LogP) is 4.33. The highest BCUT2D eigenvalue weighted by Crippen LogP contribution is 2.28. The lowest BCUT2D eigenvalue weighted by atomic mass is 10.00. The number of unbranched alkanes of at least 4 members (excludes halogenated alkanes) is 1. The maximum absolute atomic E-state index is 11.6. The van der Waals surface area contributed by atoms with E-state index >= 15 is 0 Å². The van der Waals surface area contributed by atoms with E-state index in [0.717, 1.165) is 17.2 Å². The molecule has 0 fully saturated rings. The van der Waals surface area contributed by atoms with Crippen LogP contribution in [0.5, 0.6) is 5.75 Å². The van der Waals surface area contributed by atoms with E-state index in [4.69, 9.17) is 0 Å². The van der Waals surface area contributed by atoms with E-state index < -0.39 is 0 Å². The average molecular weight is 199 g/mol. The van der Waals surface area contributed by atoms with Crippen LogP contribution in [0.3, 0.4) is 0 Å². The predicted molar refractivity (Wildman–Crippen MR) is 62.7 cm³/mol. The van der Waals surface area contributed by atoms with Crippen molar-refractivity contribution in [1.82, 2.24) is 0 Å². The highest BCUT2D eigenvalue weighted by molar-refractivity contribution is 5.90. The van der Waals surface area contributed by atoms with Gasteiger partial charge in [0.15, 0.2) is 5.75 Å². The fourth-order valence-electron chi connectivity index (χ4n) is 1.92. The lowest BCUT2D eigenvalue weighted by molar-refractivity contribution is 0.360. The average Bonchev–Trinajstić information content (AvgIpc) is 2.29. The van der Waals surface area contributed by atoms with E-state index in [2.05, 4.69) is 6.92 Å². The van der Waals surface area contributed by atoms with Gasteiger partial charge >= 0.3 is 0 Å². The van der Waals surface area contributed by atoms with Gasteiger partial charge in [0.05, 0.1) is 0 Å². The lowest BCUT2D eigenvalue weighted by Gasteiger charge is -2.06. The SMILES string of the molecule is CCCCc1ccc([O])c2ccccc12. The minimum atomic E-state index is 0.130. The molecule has 0 saturated heterocycles. The molecule has 0 spiro atoms. The summed E-state index contributed by atoms with van der Waals surface area (Å²) in [6, 6.07) is 11.5. The molecule has 0 N–H and O–H groups in total. The van der Waals surface area contributed by atoms with Crippen LogP contribution in [0.2, 0.25) is 0 Å². The molecule has 0 unspecified atom stereocenters. The van der Waals surface area contributed by atoms with Crippen LogP contribution in [-0.2, 0) is 11.5 Å². The third-order valence-corrected chi connectivity index (χ3v) is 2.77. The van der Waals surface area contributed by atoms with Crippen molar-refractivity contribution < 1.29 is 5.11 Å². The highest BCUT2D eigenvalue weighted by Gasteiger charge is 2.04. The normalized spacial score (nSPS) is 10.7. The van der Waals surface area contributed by atoms with Gasteiger partial charge in [-0.1, -0.05) is 43.7 Å². The Hall–Kier alpha value is -1.50. The van der Waals surface area contributed by atoms with Gasteiger partial charge in [0.25, 0.3) is 0 Å². The lowest BCUT2D eigenvalue weighted by Crippen LogP contribution is -1.86. The second kappa shape index (κ2) is 4.35. The van der Waals surface area contributed by atoms with E-state index in [1.165, 1.54) is 18.4 Å². The number of aryl methyl sites for hydroxylation is 1. The van der Waals surface area contributed by atoms with Crippen LogP contribution < -0.4 is 0 Å². The summed E-state index contributed by atoms with van der Waals surface area (Å²) >= 11 is 0. The number of fused-ring (bicyclic) bond motifs is 1. The first-order valence-electron chi connectivity index (χ1n) is 5.50. The summed E-state index contributed by atoms with van der Waals surface area (Å²) in [6.07, 6.45) is 3.44. The molecule has 2 aromatic rings. The highest BCUT2D eigenvalue weighted by atomic mass is 16.3. The maximum Gasteiger partial charge on any atom is 0.186 e. The van der Waals surface area contributed by atoms with Gasteiger partial charge in [0.2, 0.25) is 0 Å². The molecule has 0 aliphatic carbocycles. The number of hydrogen-bond acceptors (Lipinski definition) is 0. The van der Waals surface area contributed by atoms with Crippen molar-refractivity contribution in [2.24, 2.45) is 0 Å². The Kier molecular flexibility index (Phi) is 2.91. The number of rotatable bonds is 3. The van der Waals surface area contributed by atoms with Crippen molar-refractivity contribution >= 4 is 10.8 Å². The van der Waals surface area contributed by atoms with Crippen LogP contribution >= 0.6 is 0 Å². The van der Waals surface area contributed by atoms with Crippen LogP contribution in [0.15, 0.2) is 36.4 Å². The molecular formula is C14H15O. The zero-order chi connectivity index (χ0) is 10.7. The summed E-state index contributed by atoms with van der Waals surface area (Å²) in [5, 5.41) is 13.6. The van der Waals surface area contributed by atoms with Gasteiger partial charge in [-0.2, -0.15) is 0 Å². The summed E-state index contributed by atoms with van der Waals surface area (Å²) in [7, 11) is 0. The van der Waals surface area contributed by atoms with Crippen LogP contribution in [0.4, 0.5) is 0 Å². The fraction of sp³-hybridized carbons (Fsp3) is 0.286. The Labute approximate surface area is 90.4 Å². The molecule has 0 aromatic heterocycles. The molecule has 77 valence electrons. The van der Waals surface area contributed by atoms with E-state index in [0.29, 0.717) is 0 Å². The first kappa shape index (κ1) is 10.0. The van der Waals surface area contributed by atoms with E-state index in [1.807, 2.05) is 30.3 Å². The number of hydrogen-bond donors (Lipinski definition) is 0. The molecule has 0 heterocycles. The van der Waals surface area contributed by atoms with Gasteiger partial charge in [-0.25, -0.2) is 0 Å². The Morgan fingerprint density at radius 3 is 2.47 bits per heavy atom. The van der Waals surface area contributed by atoms with Crippen molar-refractivity contribution in [2.75, 3.05) is 0 Å². The molecule has 0 aliphatic rings. The summed E-state index contributed by atoms with van der Waals surface area (Å²) in [5.41, 5.74) is 1.30. The maximum atomic E-state index is 11.6. The van der Waals surface area contributed by atoms with Gasteiger partial charge in [0.1, 0.15) is 0 Å². The zero-order valence-corrected chi connectivity index (χ0v) is 8.99. The van der Waals surface area contributed by atoms with Gasteiger partial charge in [-0.3, -0.25) is 5.11 Å². The standard InChI is InChI=1S/C14H15O/c1-2-3-6-11-9-10-14(15)13-8-5-4-7-12(11)13/h4-5,7-10H,2-3,6H2,1H3. The van der Waals surface area contributed by atoms with Gasteiger partial charge in [0, 0.05) is 5.39 Å². The minimum Gasteiger partial charge on any atom is -0.289 e. The minimum absolute atomic E-state index is 0.130. The topological polar surface area (TPSA) is 19.9 Å². The Bertz CT molecular complexity index is 460. The Balaban J connectivity index is 2.51. The molecule has 15 heavy (non-hydrogen) atoms. The molecule has 0 amide bonds. The first-order chi connectivity index (χ1) is 7.33. The van der Waals surface area contributed by atoms with Crippen molar-refractivity contribution in [3.8, 4) is 5.75 Å². The van der Waals surface area contributed by atoms with E-state index in [-0.39, 0.29) is 5.75 Å². The van der Waals surface area contributed by atoms with Crippen LogP contribution in [0.1, 0.15) is 25.3 Å². The molecular weight excluding hydrogens is 184 g/mol. The molecule has 0 aliphatic heterocycles. The van der Waals surface area contributed by atoms with Crippen molar-refractivity contribution in [2.45, 2.75) is 26.2 Å². The molecule has 1 heteroatoms. The third kappa shape index (κ3) is 1.96. The summed E-state index contributed by atoms with van der Waals surface area (Å²) in [5.74, 6) is 0.130. The molecule has 0 atom stereocenters. The third-order valence-electron chi connectivity index (χ3n) is 2.77. The molecule has 1 radical (unpaired) electrons. The van der Waals surface area contributed by atoms with Crippen LogP contribution in [0.25, 0.3) is 10.8 Å². The van der Waals surface area contributed by atoms with E-state index in [1.54, 1.807) is 6.07 Å². The van der Waals surface area contributed by atoms with Gasteiger partial charge < -0.3 is 0 Å². The number of benzene rings is 2. The van der Waals surface area contributed by atoms with Gasteiger partial charge in [-0.15, -0.1) is 0 Å². The second-order valence-corrected chi connectivity index (χ2v) is 3.87. The fourth-order valence-corrected chi connectivity index (χ4v) is 1.92.